The number of nitrogens with two attached hydrogens (primary N) is 1. The first-order valence-electron chi connectivity index (χ1n) is 10.4. The van der Waals surface area contributed by atoms with Crippen LogP contribution < -0.4 is 16.6 Å². The Morgan fingerprint density at radius 2 is 1.97 bits per heavy atom. The van der Waals surface area contributed by atoms with Gasteiger partial charge >= 0.3 is 0 Å². The van der Waals surface area contributed by atoms with E-state index in [1.54, 1.807) is 16.8 Å². The van der Waals surface area contributed by atoms with Crippen LogP contribution in [0.4, 0.5) is 11.8 Å². The molecule has 9 nitrogen and oxygen atoms in total. The number of likely N-dealkylation sites (N-methyl/N-ethyl adjacent to an activating group) is 1. The first kappa shape index (κ1) is 21.0. The zero-order valence-corrected chi connectivity index (χ0v) is 17.4. The number of nitrogens with zero attached hydrogens (tertiary/aromatic N) is 5. The SMILES string of the molecule is CCCCNc1nc(N)nc2ccn(CCCC(=O)N3CCN(C)CC3)c(=O)c12. The van der Waals surface area contributed by atoms with E-state index in [1.165, 1.54) is 0 Å². The van der Waals surface area contributed by atoms with Crippen molar-refractivity contribution in [3.63, 3.8) is 0 Å². The van der Waals surface area contributed by atoms with Gasteiger partial charge in [-0.15, -0.1) is 0 Å². The molecule has 158 valence electrons. The minimum atomic E-state index is -0.159. The van der Waals surface area contributed by atoms with E-state index in [-0.39, 0.29) is 17.4 Å². The molecule has 3 rings (SSSR count). The second-order valence-electron chi connectivity index (χ2n) is 7.57. The number of amides is 1. The molecule has 1 amide bonds. The Balaban J connectivity index is 1.69. The molecule has 0 bridgehead atoms. The Morgan fingerprint density at radius 1 is 1.21 bits per heavy atom. The van der Waals surface area contributed by atoms with Gasteiger partial charge in [-0.25, -0.2) is 4.98 Å². The Hall–Kier alpha value is -2.68. The lowest BCUT2D eigenvalue weighted by atomic mass is 10.2. The fourth-order valence-corrected chi connectivity index (χ4v) is 3.50. The lowest BCUT2D eigenvalue weighted by molar-refractivity contribution is -0.132. The van der Waals surface area contributed by atoms with E-state index in [0.29, 0.717) is 36.1 Å². The second-order valence-corrected chi connectivity index (χ2v) is 7.57. The highest BCUT2D eigenvalue weighted by Gasteiger charge is 2.18. The number of hydrogen-bond acceptors (Lipinski definition) is 7. The molecule has 3 heterocycles. The normalized spacial score (nSPS) is 15.0. The highest BCUT2D eigenvalue weighted by Crippen LogP contribution is 2.18. The molecule has 3 N–H and O–H groups in total. The van der Waals surface area contributed by atoms with Crippen LogP contribution in [0.2, 0.25) is 0 Å². The van der Waals surface area contributed by atoms with Gasteiger partial charge in [0.15, 0.2) is 0 Å². The van der Waals surface area contributed by atoms with E-state index in [4.69, 9.17) is 5.73 Å². The lowest BCUT2D eigenvalue weighted by Crippen LogP contribution is -2.47. The fraction of sp³-hybridized carbons (Fsp3) is 0.600. The predicted octanol–water partition coefficient (Wildman–Crippen LogP) is 1.14. The molecular weight excluding hydrogens is 370 g/mol. The zero-order valence-electron chi connectivity index (χ0n) is 17.4. The van der Waals surface area contributed by atoms with Gasteiger partial charge in [0, 0.05) is 51.9 Å². The highest BCUT2D eigenvalue weighted by atomic mass is 16.2. The molecule has 2 aromatic rings. The van der Waals surface area contributed by atoms with Crippen molar-refractivity contribution < 1.29 is 4.79 Å². The Morgan fingerprint density at radius 3 is 2.69 bits per heavy atom. The summed E-state index contributed by atoms with van der Waals surface area (Å²) in [4.78, 5) is 38.0. The predicted molar refractivity (Wildman–Crippen MR) is 115 cm³/mol. The van der Waals surface area contributed by atoms with Crippen LogP contribution in [0.25, 0.3) is 10.9 Å². The fourth-order valence-electron chi connectivity index (χ4n) is 3.50. The third-order valence-corrected chi connectivity index (χ3v) is 5.31. The molecule has 0 unspecified atom stereocenters. The number of carbonyl (C=O) groups is 1. The molecule has 1 aliphatic rings. The van der Waals surface area contributed by atoms with Crippen molar-refractivity contribution in [2.24, 2.45) is 0 Å². The molecule has 29 heavy (non-hydrogen) atoms. The Bertz CT molecular complexity index is 904. The largest absolute Gasteiger partial charge is 0.369 e. The number of unbranched alkanes of at least 4 members (excludes halogenated alkanes) is 1. The molecule has 1 fully saturated rings. The van der Waals surface area contributed by atoms with Gasteiger partial charge in [0.2, 0.25) is 11.9 Å². The van der Waals surface area contributed by atoms with Crippen molar-refractivity contribution in [3.05, 3.63) is 22.6 Å². The van der Waals surface area contributed by atoms with Crippen molar-refractivity contribution in [2.45, 2.75) is 39.2 Å². The standard InChI is InChI=1S/C20H31N7O2/c1-3-4-8-22-18-17-15(23-20(21)24-18)7-10-27(19(17)29)9-5-6-16(28)26-13-11-25(2)12-14-26/h7,10H,3-6,8-9,11-14H2,1-2H3,(H3,21,22,23,24). The molecule has 9 heteroatoms. The van der Waals surface area contributed by atoms with Gasteiger partial charge in [0.1, 0.15) is 11.2 Å². The van der Waals surface area contributed by atoms with E-state index >= 15 is 0 Å². The van der Waals surface area contributed by atoms with Crippen molar-refractivity contribution in [2.75, 3.05) is 50.8 Å². The molecule has 0 radical (unpaired) electrons. The molecule has 0 saturated carbocycles. The van der Waals surface area contributed by atoms with Crippen LogP contribution in [0.15, 0.2) is 17.1 Å². The van der Waals surface area contributed by atoms with Crippen molar-refractivity contribution >= 4 is 28.6 Å². The summed E-state index contributed by atoms with van der Waals surface area (Å²) in [6.07, 6.45) is 4.78. The van der Waals surface area contributed by atoms with E-state index in [1.807, 2.05) is 4.90 Å². The summed E-state index contributed by atoms with van der Waals surface area (Å²) in [6, 6.07) is 1.78. The van der Waals surface area contributed by atoms with E-state index in [2.05, 4.69) is 34.2 Å². The summed E-state index contributed by atoms with van der Waals surface area (Å²) in [5.74, 6) is 0.783. The van der Waals surface area contributed by atoms with E-state index in [9.17, 15) is 9.59 Å². The van der Waals surface area contributed by atoms with Gasteiger partial charge < -0.3 is 25.4 Å². The maximum absolute atomic E-state index is 13.0. The number of pyridine rings is 1. The summed E-state index contributed by atoms with van der Waals surface area (Å²) in [6.45, 7) is 6.67. The number of piperazine rings is 1. The van der Waals surface area contributed by atoms with Crippen LogP contribution in [0.5, 0.6) is 0 Å². The van der Waals surface area contributed by atoms with Gasteiger partial charge in [-0.2, -0.15) is 4.98 Å². The summed E-state index contributed by atoms with van der Waals surface area (Å²) in [5.41, 5.74) is 6.17. The molecule has 2 aromatic heterocycles. The second kappa shape index (κ2) is 9.69. The Kier molecular flexibility index (Phi) is 7.03. The van der Waals surface area contributed by atoms with Crippen LogP contribution in [0, 0.1) is 0 Å². The van der Waals surface area contributed by atoms with Crippen molar-refractivity contribution in [3.8, 4) is 0 Å². The first-order chi connectivity index (χ1) is 14.0. The summed E-state index contributed by atoms with van der Waals surface area (Å²) in [7, 11) is 2.07. The summed E-state index contributed by atoms with van der Waals surface area (Å²) in [5, 5.41) is 3.66. The summed E-state index contributed by atoms with van der Waals surface area (Å²) >= 11 is 0. The average molecular weight is 402 g/mol. The zero-order chi connectivity index (χ0) is 20.8. The first-order valence-corrected chi connectivity index (χ1v) is 10.4. The molecule has 0 atom stereocenters. The molecule has 0 spiro atoms. The molecule has 1 aliphatic heterocycles. The van der Waals surface area contributed by atoms with Gasteiger partial charge in [-0.1, -0.05) is 13.3 Å². The van der Waals surface area contributed by atoms with Gasteiger partial charge in [0.25, 0.3) is 5.56 Å². The molecule has 0 aromatic carbocycles. The number of aryl methyl sites for hydroxylation is 1. The van der Waals surface area contributed by atoms with Gasteiger partial charge in [-0.3, -0.25) is 9.59 Å². The molecule has 0 aliphatic carbocycles. The number of nitrogen functional groups attached to an aromatic ring is 1. The lowest BCUT2D eigenvalue weighted by Gasteiger charge is -2.32. The minimum absolute atomic E-state index is 0.145. The number of fused-ring (bicyclic) bond motifs is 1. The van der Waals surface area contributed by atoms with Crippen LogP contribution in [-0.4, -0.2) is 70.0 Å². The van der Waals surface area contributed by atoms with Crippen molar-refractivity contribution in [1.29, 1.82) is 0 Å². The smallest absolute Gasteiger partial charge is 0.263 e. The average Bonchev–Trinajstić information content (AvgIpc) is 2.70. The summed E-state index contributed by atoms with van der Waals surface area (Å²) < 4.78 is 1.63. The third kappa shape index (κ3) is 5.23. The van der Waals surface area contributed by atoms with Crippen molar-refractivity contribution in [1.82, 2.24) is 24.3 Å². The van der Waals surface area contributed by atoms with Crippen LogP contribution in [0.3, 0.4) is 0 Å². The molecule has 1 saturated heterocycles. The number of carbonyl (C=O) groups excluding carboxylic acids is 1. The minimum Gasteiger partial charge on any atom is -0.369 e. The van der Waals surface area contributed by atoms with Gasteiger partial charge in [-0.05, 0) is 26.0 Å². The number of hydrogen-bond donors (Lipinski definition) is 2. The monoisotopic (exact) mass is 401 g/mol. The van der Waals surface area contributed by atoms with Crippen LogP contribution in [-0.2, 0) is 11.3 Å². The van der Waals surface area contributed by atoms with Crippen LogP contribution >= 0.6 is 0 Å². The van der Waals surface area contributed by atoms with E-state index in [0.717, 1.165) is 45.6 Å². The van der Waals surface area contributed by atoms with Gasteiger partial charge in [0.05, 0.1) is 5.52 Å². The number of aromatic nitrogens is 3. The van der Waals surface area contributed by atoms with E-state index < -0.39 is 0 Å². The quantitative estimate of drug-likeness (QED) is 0.638. The maximum Gasteiger partial charge on any atom is 0.263 e. The number of nitrogens with one attached hydrogen (secondary N) is 1. The molecular formula is C20H31N7O2. The topological polar surface area (TPSA) is 109 Å². The van der Waals surface area contributed by atoms with Crippen LogP contribution in [0.1, 0.15) is 32.6 Å². The maximum atomic E-state index is 13.0. The third-order valence-electron chi connectivity index (χ3n) is 5.31. The number of anilines is 2. The number of rotatable bonds is 8. The highest BCUT2D eigenvalue weighted by molar-refractivity contribution is 5.89. The Labute approximate surface area is 170 Å².